The first kappa shape index (κ1) is 17.4. The molecule has 7 heteroatoms. The highest BCUT2D eigenvalue weighted by molar-refractivity contribution is 6.40. The summed E-state index contributed by atoms with van der Waals surface area (Å²) in [4.78, 5) is 25.7. The van der Waals surface area contributed by atoms with Crippen LogP contribution in [0.3, 0.4) is 0 Å². The van der Waals surface area contributed by atoms with E-state index >= 15 is 0 Å². The standard InChI is InChI=1S/C15H19N3O4/c1-11(16-20-3)12(2)17-22-10-13-7-5-6-8-14(13)15(9-19)18-21-4/h5-9H,10H2,1-4H3/b16-11+,17-12+,18-15-. The minimum Gasteiger partial charge on any atom is -0.399 e. The van der Waals surface area contributed by atoms with Gasteiger partial charge in [-0.1, -0.05) is 39.7 Å². The summed E-state index contributed by atoms with van der Waals surface area (Å²) in [7, 11) is 2.85. The highest BCUT2D eigenvalue weighted by atomic mass is 16.6. The highest BCUT2D eigenvalue weighted by Crippen LogP contribution is 2.11. The zero-order valence-corrected chi connectivity index (χ0v) is 13.1. The Bertz CT molecular complexity index is 594. The fraction of sp³-hybridized carbons (Fsp3) is 0.333. The van der Waals surface area contributed by atoms with E-state index in [1.165, 1.54) is 14.2 Å². The van der Waals surface area contributed by atoms with Gasteiger partial charge < -0.3 is 14.5 Å². The molecule has 0 aliphatic carbocycles. The van der Waals surface area contributed by atoms with Crippen LogP contribution in [-0.4, -0.2) is 37.6 Å². The van der Waals surface area contributed by atoms with Crippen molar-refractivity contribution < 1.29 is 19.3 Å². The second-order valence-electron chi connectivity index (χ2n) is 4.24. The third-order valence-corrected chi connectivity index (χ3v) is 2.77. The van der Waals surface area contributed by atoms with E-state index < -0.39 is 0 Å². The van der Waals surface area contributed by atoms with Crippen LogP contribution in [0.1, 0.15) is 25.0 Å². The largest absolute Gasteiger partial charge is 0.399 e. The van der Waals surface area contributed by atoms with E-state index in [1.54, 1.807) is 26.0 Å². The summed E-state index contributed by atoms with van der Waals surface area (Å²) in [6.45, 7) is 3.70. The minimum absolute atomic E-state index is 0.185. The Hall–Kier alpha value is -2.70. The number of benzene rings is 1. The van der Waals surface area contributed by atoms with E-state index in [0.717, 1.165) is 5.56 Å². The average molecular weight is 305 g/mol. The molecule has 0 bridgehead atoms. The van der Waals surface area contributed by atoms with Gasteiger partial charge in [-0.05, 0) is 13.8 Å². The molecule has 0 N–H and O–H groups in total. The second-order valence-corrected chi connectivity index (χ2v) is 4.24. The fourth-order valence-electron chi connectivity index (χ4n) is 1.60. The molecule has 0 spiro atoms. The lowest BCUT2D eigenvalue weighted by Crippen LogP contribution is -2.09. The molecule has 0 saturated carbocycles. The van der Waals surface area contributed by atoms with E-state index in [-0.39, 0.29) is 12.3 Å². The normalized spacial score (nSPS) is 12.8. The Kier molecular flexibility index (Phi) is 7.32. The third kappa shape index (κ3) is 5.01. The molecule has 0 unspecified atom stereocenters. The van der Waals surface area contributed by atoms with Crippen molar-refractivity contribution in [2.75, 3.05) is 14.2 Å². The molecule has 0 radical (unpaired) electrons. The van der Waals surface area contributed by atoms with Gasteiger partial charge >= 0.3 is 0 Å². The molecule has 22 heavy (non-hydrogen) atoms. The molecule has 0 atom stereocenters. The minimum atomic E-state index is 0.185. The van der Waals surface area contributed by atoms with Crippen LogP contribution < -0.4 is 0 Å². The molecule has 0 aliphatic rings. The van der Waals surface area contributed by atoms with Gasteiger partial charge in [0.05, 0.1) is 0 Å². The van der Waals surface area contributed by atoms with E-state index in [9.17, 15) is 4.79 Å². The number of oxime groups is 3. The number of carbonyl (C=O) groups is 1. The third-order valence-electron chi connectivity index (χ3n) is 2.77. The Balaban J connectivity index is 2.87. The Morgan fingerprint density at radius 3 is 2.32 bits per heavy atom. The summed E-state index contributed by atoms with van der Waals surface area (Å²) >= 11 is 0. The summed E-state index contributed by atoms with van der Waals surface area (Å²) in [6.07, 6.45) is 0.631. The predicted octanol–water partition coefficient (Wildman–Crippen LogP) is 2.15. The number of rotatable bonds is 8. The first-order chi connectivity index (χ1) is 10.6. The smallest absolute Gasteiger partial charge is 0.172 e. The van der Waals surface area contributed by atoms with Crippen LogP contribution in [-0.2, 0) is 25.9 Å². The SMILES string of the molecule is CO/N=C(C)/C(C)=N/OCc1ccccc1/C(C=O)=N\OC. The van der Waals surface area contributed by atoms with Crippen LogP contribution in [0.25, 0.3) is 0 Å². The maximum Gasteiger partial charge on any atom is 0.172 e. The van der Waals surface area contributed by atoms with Gasteiger partial charge in [0.1, 0.15) is 38.0 Å². The predicted molar refractivity (Wildman–Crippen MR) is 84.1 cm³/mol. The van der Waals surface area contributed by atoms with Gasteiger partial charge in [0.25, 0.3) is 0 Å². The zero-order valence-electron chi connectivity index (χ0n) is 13.1. The van der Waals surface area contributed by atoms with Crippen LogP contribution in [0, 0.1) is 0 Å². The molecule has 0 fully saturated rings. The summed E-state index contributed by atoms with van der Waals surface area (Å²) in [5, 5.41) is 11.4. The lowest BCUT2D eigenvalue weighted by atomic mass is 10.0. The number of hydrogen-bond acceptors (Lipinski definition) is 7. The van der Waals surface area contributed by atoms with Crippen molar-refractivity contribution in [1.29, 1.82) is 0 Å². The van der Waals surface area contributed by atoms with Gasteiger partial charge in [0.15, 0.2) is 6.29 Å². The average Bonchev–Trinajstić information content (AvgIpc) is 2.53. The van der Waals surface area contributed by atoms with E-state index in [1.807, 2.05) is 12.1 Å². The van der Waals surface area contributed by atoms with Crippen molar-refractivity contribution in [1.82, 2.24) is 0 Å². The van der Waals surface area contributed by atoms with Crippen LogP contribution in [0.5, 0.6) is 0 Å². The molecule has 1 aromatic carbocycles. The molecule has 0 heterocycles. The molecule has 7 nitrogen and oxygen atoms in total. The lowest BCUT2D eigenvalue weighted by Gasteiger charge is -2.07. The second kappa shape index (κ2) is 9.28. The molecule has 0 amide bonds. The van der Waals surface area contributed by atoms with Gasteiger partial charge in [-0.3, -0.25) is 4.79 Å². The molecular formula is C15H19N3O4. The maximum atomic E-state index is 11.1. The van der Waals surface area contributed by atoms with Crippen LogP contribution in [0.2, 0.25) is 0 Å². The van der Waals surface area contributed by atoms with Gasteiger partial charge in [-0.15, -0.1) is 0 Å². The van der Waals surface area contributed by atoms with Gasteiger partial charge in [0.2, 0.25) is 0 Å². The zero-order chi connectivity index (χ0) is 16.4. The number of aldehydes is 1. The maximum absolute atomic E-state index is 11.1. The molecule has 118 valence electrons. The monoisotopic (exact) mass is 305 g/mol. The topological polar surface area (TPSA) is 81.8 Å². The van der Waals surface area contributed by atoms with E-state index in [2.05, 4.69) is 25.1 Å². The Morgan fingerprint density at radius 2 is 1.68 bits per heavy atom. The first-order valence-electron chi connectivity index (χ1n) is 6.53. The van der Waals surface area contributed by atoms with Crippen molar-refractivity contribution >= 4 is 23.4 Å². The Labute approximate surface area is 129 Å². The van der Waals surface area contributed by atoms with Crippen molar-refractivity contribution in [2.24, 2.45) is 15.5 Å². The lowest BCUT2D eigenvalue weighted by molar-refractivity contribution is -0.102. The molecule has 0 aliphatic heterocycles. The number of hydrogen-bond donors (Lipinski definition) is 0. The molecule has 0 saturated heterocycles. The number of carbonyl (C=O) groups excluding carboxylic acids is 1. The molecule has 0 aromatic heterocycles. The van der Waals surface area contributed by atoms with Crippen molar-refractivity contribution in [3.8, 4) is 0 Å². The van der Waals surface area contributed by atoms with Crippen molar-refractivity contribution in [3.05, 3.63) is 35.4 Å². The van der Waals surface area contributed by atoms with E-state index in [4.69, 9.17) is 4.84 Å². The van der Waals surface area contributed by atoms with Gasteiger partial charge in [-0.2, -0.15) is 0 Å². The van der Waals surface area contributed by atoms with E-state index in [0.29, 0.717) is 23.3 Å². The Morgan fingerprint density at radius 1 is 1.05 bits per heavy atom. The van der Waals surface area contributed by atoms with Gasteiger partial charge in [0, 0.05) is 11.1 Å². The van der Waals surface area contributed by atoms with Crippen molar-refractivity contribution in [3.63, 3.8) is 0 Å². The highest BCUT2D eigenvalue weighted by Gasteiger charge is 2.09. The summed E-state index contributed by atoms with van der Waals surface area (Å²) < 4.78 is 0. The van der Waals surface area contributed by atoms with Crippen LogP contribution in [0.4, 0.5) is 0 Å². The molecule has 1 aromatic rings. The van der Waals surface area contributed by atoms with Crippen molar-refractivity contribution in [2.45, 2.75) is 20.5 Å². The summed E-state index contributed by atoms with van der Waals surface area (Å²) in [5.74, 6) is 0. The molecular weight excluding hydrogens is 286 g/mol. The quantitative estimate of drug-likeness (QED) is 0.418. The van der Waals surface area contributed by atoms with Gasteiger partial charge in [-0.25, -0.2) is 0 Å². The molecule has 1 rings (SSSR count). The van der Waals surface area contributed by atoms with Crippen LogP contribution in [0.15, 0.2) is 39.7 Å². The summed E-state index contributed by atoms with van der Waals surface area (Å²) in [5.41, 5.74) is 2.81. The number of nitrogens with zero attached hydrogens (tertiary/aromatic N) is 3. The van der Waals surface area contributed by atoms with Crippen LogP contribution >= 0.6 is 0 Å². The summed E-state index contributed by atoms with van der Waals surface area (Å²) in [6, 6.07) is 7.23. The fourth-order valence-corrected chi connectivity index (χ4v) is 1.60. The first-order valence-corrected chi connectivity index (χ1v) is 6.53.